The maximum Gasteiger partial charge on any atom is 0.156 e. The summed E-state index contributed by atoms with van der Waals surface area (Å²) in [6, 6.07) is 1.72. The van der Waals surface area contributed by atoms with Gasteiger partial charge in [-0.15, -0.1) is 0 Å². The molecule has 3 atom stereocenters. The first kappa shape index (κ1) is 19.7. The van der Waals surface area contributed by atoms with E-state index in [2.05, 4.69) is 20.3 Å². The summed E-state index contributed by atoms with van der Waals surface area (Å²) in [6.07, 6.45) is 4.95. The maximum absolute atomic E-state index is 6.55. The average Bonchev–Trinajstić information content (AvgIpc) is 2.92. The van der Waals surface area contributed by atoms with Crippen molar-refractivity contribution in [3.8, 4) is 0 Å². The van der Waals surface area contributed by atoms with Crippen molar-refractivity contribution in [2.45, 2.75) is 47.9 Å². The Morgan fingerprint density at radius 3 is 2.71 bits per heavy atom. The van der Waals surface area contributed by atoms with E-state index in [0.717, 1.165) is 36.5 Å². The zero-order valence-corrected chi connectivity index (χ0v) is 17.1. The molecule has 0 aromatic carbocycles. The fourth-order valence-electron chi connectivity index (χ4n) is 4.16. The molecule has 1 spiro atoms. The average molecular weight is 422 g/mol. The maximum atomic E-state index is 6.55. The fourth-order valence-corrected chi connectivity index (χ4v) is 5.18. The van der Waals surface area contributed by atoms with Gasteiger partial charge in [0, 0.05) is 22.5 Å². The van der Waals surface area contributed by atoms with Gasteiger partial charge in [0.1, 0.15) is 16.9 Å². The van der Waals surface area contributed by atoms with E-state index in [-0.39, 0.29) is 29.5 Å². The van der Waals surface area contributed by atoms with Gasteiger partial charge in [-0.1, -0.05) is 23.4 Å². The molecule has 2 aliphatic heterocycles. The van der Waals surface area contributed by atoms with Crippen LogP contribution in [0, 0.1) is 5.41 Å². The highest BCUT2D eigenvalue weighted by Gasteiger charge is 2.54. The summed E-state index contributed by atoms with van der Waals surface area (Å²) in [5, 5.41) is 4.34. The number of anilines is 2. The Labute approximate surface area is 173 Å². The van der Waals surface area contributed by atoms with E-state index in [1.54, 1.807) is 18.5 Å². The van der Waals surface area contributed by atoms with Gasteiger partial charge in [-0.3, -0.25) is 0 Å². The Morgan fingerprint density at radius 2 is 2.00 bits per heavy atom. The van der Waals surface area contributed by atoms with Gasteiger partial charge in [-0.05, 0) is 38.9 Å². The first-order chi connectivity index (χ1) is 13.4. The minimum atomic E-state index is -0.214. The number of nitrogens with zero attached hydrogens (tertiary/aromatic N) is 3. The summed E-state index contributed by atoms with van der Waals surface area (Å²) in [7, 11) is 0. The molecule has 3 unspecified atom stereocenters. The summed E-state index contributed by atoms with van der Waals surface area (Å²) in [5.41, 5.74) is 19.1. The molecule has 7 N–H and O–H groups in total. The number of pyridine rings is 1. The van der Waals surface area contributed by atoms with Crippen molar-refractivity contribution < 1.29 is 4.74 Å². The predicted octanol–water partition coefficient (Wildman–Crippen LogP) is 2.00. The standard InChI is InChI=1S/C18H24ClN7OS/c1-9-13(20)18(3-6-23-7-4-18)14(27-9)10-8-25-17(16(22)26-10)28-11-2-5-24-15(21)12(11)19/h2,5,8-9,13-14,23H,3-4,6-7,20H2,1H3,(H2,21,24)(H2,22,26). The number of hydrogen-bond acceptors (Lipinski definition) is 9. The van der Waals surface area contributed by atoms with Crippen molar-refractivity contribution in [3.05, 3.63) is 29.2 Å². The summed E-state index contributed by atoms with van der Waals surface area (Å²) >= 11 is 7.53. The number of nitrogen functional groups attached to an aromatic ring is 2. The fraction of sp³-hybridized carbons (Fsp3) is 0.500. The molecule has 0 aliphatic carbocycles. The molecule has 2 aromatic heterocycles. The third-order valence-corrected chi connectivity index (χ3v) is 7.29. The molecule has 8 nitrogen and oxygen atoms in total. The molecule has 2 aromatic rings. The largest absolute Gasteiger partial charge is 0.382 e. The molecule has 0 saturated carbocycles. The Balaban J connectivity index is 1.63. The van der Waals surface area contributed by atoms with E-state index in [1.807, 2.05) is 6.92 Å². The number of hydrogen-bond donors (Lipinski definition) is 4. The monoisotopic (exact) mass is 421 g/mol. The highest BCUT2D eigenvalue weighted by molar-refractivity contribution is 7.99. The number of nitrogens with one attached hydrogen (secondary N) is 1. The molecule has 4 heterocycles. The topological polar surface area (TPSA) is 138 Å². The molecule has 2 saturated heterocycles. The van der Waals surface area contributed by atoms with Crippen LogP contribution in [0.2, 0.25) is 5.02 Å². The van der Waals surface area contributed by atoms with Gasteiger partial charge in [0.15, 0.2) is 5.82 Å². The summed E-state index contributed by atoms with van der Waals surface area (Å²) < 4.78 is 6.24. The van der Waals surface area contributed by atoms with Crippen LogP contribution in [0.3, 0.4) is 0 Å². The first-order valence-corrected chi connectivity index (χ1v) is 10.4. The number of ether oxygens (including phenoxy) is 1. The quantitative estimate of drug-likeness (QED) is 0.585. The molecule has 0 radical (unpaired) electrons. The molecule has 4 rings (SSSR count). The van der Waals surface area contributed by atoms with E-state index < -0.39 is 0 Å². The molecular weight excluding hydrogens is 398 g/mol. The third kappa shape index (κ3) is 3.31. The zero-order chi connectivity index (χ0) is 19.9. The van der Waals surface area contributed by atoms with Crippen molar-refractivity contribution in [2.75, 3.05) is 24.6 Å². The molecule has 150 valence electrons. The van der Waals surface area contributed by atoms with Gasteiger partial charge in [0.05, 0.1) is 23.0 Å². The molecule has 0 bridgehead atoms. The van der Waals surface area contributed by atoms with Crippen molar-refractivity contribution >= 4 is 35.0 Å². The molecule has 28 heavy (non-hydrogen) atoms. The summed E-state index contributed by atoms with van der Waals surface area (Å²) in [5.74, 6) is 0.597. The number of aromatic nitrogens is 3. The summed E-state index contributed by atoms with van der Waals surface area (Å²) in [4.78, 5) is 13.9. The molecule has 2 fully saturated rings. The van der Waals surface area contributed by atoms with Crippen molar-refractivity contribution in [1.82, 2.24) is 20.3 Å². The number of halogens is 1. The van der Waals surface area contributed by atoms with Gasteiger partial charge in [0.25, 0.3) is 0 Å². The van der Waals surface area contributed by atoms with Gasteiger partial charge < -0.3 is 27.3 Å². The second-order valence-electron chi connectivity index (χ2n) is 7.33. The lowest BCUT2D eigenvalue weighted by molar-refractivity contribution is 0.00233. The van der Waals surface area contributed by atoms with Gasteiger partial charge in [-0.2, -0.15) is 0 Å². The van der Waals surface area contributed by atoms with Gasteiger partial charge in [0.2, 0.25) is 0 Å². The van der Waals surface area contributed by atoms with E-state index >= 15 is 0 Å². The van der Waals surface area contributed by atoms with E-state index in [0.29, 0.717) is 15.9 Å². The third-order valence-electron chi connectivity index (χ3n) is 5.72. The normalized spacial score (nSPS) is 26.6. The Hall–Kier alpha value is -1.65. The highest BCUT2D eigenvalue weighted by Crippen LogP contribution is 2.52. The van der Waals surface area contributed by atoms with Crippen molar-refractivity contribution in [3.63, 3.8) is 0 Å². The second-order valence-corrected chi connectivity index (χ2v) is 8.73. The number of nitrogens with two attached hydrogens (primary N) is 3. The van der Waals surface area contributed by atoms with Crippen molar-refractivity contribution in [2.24, 2.45) is 11.1 Å². The smallest absolute Gasteiger partial charge is 0.156 e. The Morgan fingerprint density at radius 1 is 1.25 bits per heavy atom. The van der Waals surface area contributed by atoms with E-state index in [9.17, 15) is 0 Å². The van der Waals surface area contributed by atoms with Crippen LogP contribution in [0.25, 0.3) is 0 Å². The van der Waals surface area contributed by atoms with Crippen LogP contribution < -0.4 is 22.5 Å². The number of rotatable bonds is 3. The van der Waals surface area contributed by atoms with E-state index in [4.69, 9.17) is 33.5 Å². The number of piperidine rings is 1. The highest BCUT2D eigenvalue weighted by atomic mass is 35.5. The zero-order valence-electron chi connectivity index (χ0n) is 15.6. The minimum Gasteiger partial charge on any atom is -0.382 e. The summed E-state index contributed by atoms with van der Waals surface area (Å²) in [6.45, 7) is 3.85. The van der Waals surface area contributed by atoms with Crippen LogP contribution in [-0.2, 0) is 4.74 Å². The van der Waals surface area contributed by atoms with Crippen LogP contribution in [0.4, 0.5) is 11.6 Å². The second kappa shape index (κ2) is 7.64. The van der Waals surface area contributed by atoms with Crippen LogP contribution in [0.1, 0.15) is 31.6 Å². The predicted molar refractivity (Wildman–Crippen MR) is 110 cm³/mol. The van der Waals surface area contributed by atoms with Gasteiger partial charge in [-0.25, -0.2) is 15.0 Å². The first-order valence-electron chi connectivity index (χ1n) is 9.24. The van der Waals surface area contributed by atoms with E-state index in [1.165, 1.54) is 11.8 Å². The lowest BCUT2D eigenvalue weighted by atomic mass is 9.69. The molecule has 2 aliphatic rings. The molecular formula is C18H24ClN7OS. The van der Waals surface area contributed by atoms with Crippen LogP contribution >= 0.6 is 23.4 Å². The van der Waals surface area contributed by atoms with Crippen LogP contribution in [0.15, 0.2) is 28.4 Å². The minimum absolute atomic E-state index is 0.0428. The lowest BCUT2D eigenvalue weighted by Gasteiger charge is -2.40. The molecule has 10 heteroatoms. The van der Waals surface area contributed by atoms with Gasteiger partial charge >= 0.3 is 0 Å². The van der Waals surface area contributed by atoms with Crippen LogP contribution in [-0.4, -0.2) is 40.2 Å². The van der Waals surface area contributed by atoms with Crippen molar-refractivity contribution in [1.29, 1.82) is 0 Å². The SMILES string of the molecule is CC1OC(c2cnc(Sc3ccnc(N)c3Cl)c(N)n2)C2(CCNCC2)C1N. The Bertz CT molecular complexity index is 877. The van der Waals surface area contributed by atoms with Crippen LogP contribution in [0.5, 0.6) is 0 Å². The molecule has 0 amide bonds. The Kier molecular flexibility index (Phi) is 5.36. The lowest BCUT2D eigenvalue weighted by Crippen LogP contribution is -2.50.